The van der Waals surface area contributed by atoms with E-state index in [4.69, 9.17) is 0 Å². The number of fused-ring (bicyclic) bond motifs is 2. The summed E-state index contributed by atoms with van der Waals surface area (Å²) in [5.74, 6) is 0.316. The molecular weight excluding hydrogens is 328 g/mol. The summed E-state index contributed by atoms with van der Waals surface area (Å²) in [6.45, 7) is 6.34. The molecule has 2 aliphatic rings. The molecule has 0 spiro atoms. The molecule has 2 nitrogen and oxygen atoms in total. The van der Waals surface area contributed by atoms with E-state index in [1.807, 2.05) is 0 Å². The predicted molar refractivity (Wildman–Crippen MR) is 117 cm³/mol. The van der Waals surface area contributed by atoms with Gasteiger partial charge in [0.2, 0.25) is 0 Å². The highest BCUT2D eigenvalue weighted by Gasteiger charge is 2.17. The number of allylic oxidation sites excluding steroid dienone is 6. The number of rotatable bonds is 4. The molecule has 2 heteroatoms. The molecule has 0 radical (unpaired) electrons. The van der Waals surface area contributed by atoms with Crippen molar-refractivity contribution in [1.29, 1.82) is 0 Å². The third kappa shape index (κ3) is 3.35. The summed E-state index contributed by atoms with van der Waals surface area (Å²) in [6, 6.07) is 17.3. The lowest BCUT2D eigenvalue weighted by Gasteiger charge is -2.28. The van der Waals surface area contributed by atoms with E-state index in [0.29, 0.717) is 5.92 Å². The first kappa shape index (κ1) is 17.4. The van der Waals surface area contributed by atoms with Crippen LogP contribution in [0.15, 0.2) is 91.3 Å². The molecule has 0 fully saturated rings. The Bertz CT molecular complexity index is 933. The Morgan fingerprint density at radius 3 is 2.37 bits per heavy atom. The lowest BCUT2D eigenvalue weighted by Crippen LogP contribution is -2.20. The molecule has 0 saturated carbocycles. The van der Waals surface area contributed by atoms with Crippen molar-refractivity contribution in [3.8, 4) is 0 Å². The average Bonchev–Trinajstić information content (AvgIpc) is 2.74. The maximum absolute atomic E-state index is 2.30. The molecule has 0 aromatic heterocycles. The van der Waals surface area contributed by atoms with Gasteiger partial charge in [0.1, 0.15) is 0 Å². The molecule has 0 bridgehead atoms. The molecule has 1 atom stereocenters. The Morgan fingerprint density at radius 1 is 0.852 bits per heavy atom. The van der Waals surface area contributed by atoms with Gasteiger partial charge in [0, 0.05) is 48.3 Å². The van der Waals surface area contributed by atoms with Crippen molar-refractivity contribution >= 4 is 16.9 Å². The van der Waals surface area contributed by atoms with Gasteiger partial charge in [0.25, 0.3) is 0 Å². The zero-order valence-corrected chi connectivity index (χ0v) is 16.0. The highest BCUT2D eigenvalue weighted by atomic mass is 15.1. The van der Waals surface area contributed by atoms with E-state index < -0.39 is 0 Å². The molecule has 4 rings (SSSR count). The van der Waals surface area contributed by atoms with Gasteiger partial charge in [0.15, 0.2) is 0 Å². The number of benzene rings is 2. The molecule has 2 aliphatic heterocycles. The van der Waals surface area contributed by atoms with Gasteiger partial charge in [-0.05, 0) is 43.2 Å². The van der Waals surface area contributed by atoms with Crippen LogP contribution in [0, 0.1) is 0 Å². The zero-order chi connectivity index (χ0) is 18.6. The van der Waals surface area contributed by atoms with Crippen LogP contribution in [0.1, 0.15) is 30.9 Å². The maximum atomic E-state index is 2.30. The molecule has 27 heavy (non-hydrogen) atoms. The number of anilines is 2. The molecular formula is C25H26N2. The summed E-state index contributed by atoms with van der Waals surface area (Å²) in [6.07, 6.45) is 15.6. The minimum atomic E-state index is 0.316. The van der Waals surface area contributed by atoms with E-state index in [2.05, 4.69) is 115 Å². The van der Waals surface area contributed by atoms with Gasteiger partial charge in [-0.15, -0.1) is 0 Å². The van der Waals surface area contributed by atoms with E-state index in [1.165, 1.54) is 28.1 Å². The summed E-state index contributed by atoms with van der Waals surface area (Å²) in [7, 11) is 0. The van der Waals surface area contributed by atoms with Crippen LogP contribution in [0.25, 0.3) is 5.57 Å². The van der Waals surface area contributed by atoms with Gasteiger partial charge in [-0.2, -0.15) is 0 Å². The third-order valence-corrected chi connectivity index (χ3v) is 5.31. The standard InChI is InChI=1S/C25H26N2/c1-3-26-18-16-20(22-12-5-7-14-24(22)26)10-9-11-21-17-19-27(4-2)25-15-8-6-13-23(21)25/h5-20H,3-4H2,1-2H3/b10-9+,21-11+. The molecule has 2 heterocycles. The van der Waals surface area contributed by atoms with Crippen molar-refractivity contribution in [2.24, 2.45) is 0 Å². The predicted octanol–water partition coefficient (Wildman–Crippen LogP) is 6.12. The summed E-state index contributed by atoms with van der Waals surface area (Å²) in [5, 5.41) is 0. The molecule has 0 saturated heterocycles. The Morgan fingerprint density at radius 2 is 1.56 bits per heavy atom. The van der Waals surface area contributed by atoms with Crippen molar-refractivity contribution in [2.75, 3.05) is 22.9 Å². The lowest BCUT2D eigenvalue weighted by atomic mass is 9.93. The average molecular weight is 354 g/mol. The second-order valence-electron chi connectivity index (χ2n) is 6.84. The summed E-state index contributed by atoms with van der Waals surface area (Å²) in [5.41, 5.74) is 6.52. The van der Waals surface area contributed by atoms with Crippen molar-refractivity contribution in [3.05, 3.63) is 102 Å². The molecule has 0 aliphatic carbocycles. The fraction of sp³-hybridized carbons (Fsp3) is 0.200. The second kappa shape index (κ2) is 7.71. The van der Waals surface area contributed by atoms with Gasteiger partial charge in [-0.1, -0.05) is 60.7 Å². The SMILES string of the molecule is CCN1C=C/C(=C\C=C\C2C=CN(CC)c3ccccc32)c2ccccc21. The number of nitrogens with zero attached hydrogens (tertiary/aromatic N) is 2. The van der Waals surface area contributed by atoms with Crippen LogP contribution in [-0.4, -0.2) is 13.1 Å². The summed E-state index contributed by atoms with van der Waals surface area (Å²) in [4.78, 5) is 4.59. The minimum Gasteiger partial charge on any atom is -0.348 e. The van der Waals surface area contributed by atoms with Crippen LogP contribution >= 0.6 is 0 Å². The van der Waals surface area contributed by atoms with E-state index in [0.717, 1.165) is 13.1 Å². The Hall–Kier alpha value is -3.00. The molecule has 0 amide bonds. The first-order valence-electron chi connectivity index (χ1n) is 9.78. The Labute approximate surface area is 162 Å². The normalized spacial score (nSPS) is 19.6. The van der Waals surface area contributed by atoms with Gasteiger partial charge in [-0.3, -0.25) is 0 Å². The lowest BCUT2D eigenvalue weighted by molar-refractivity contribution is 0.934. The van der Waals surface area contributed by atoms with Crippen molar-refractivity contribution in [3.63, 3.8) is 0 Å². The fourth-order valence-electron chi connectivity index (χ4n) is 3.86. The third-order valence-electron chi connectivity index (χ3n) is 5.31. The van der Waals surface area contributed by atoms with E-state index in [-0.39, 0.29) is 0 Å². The Balaban J connectivity index is 1.61. The molecule has 136 valence electrons. The van der Waals surface area contributed by atoms with Gasteiger partial charge in [-0.25, -0.2) is 0 Å². The van der Waals surface area contributed by atoms with E-state index in [1.54, 1.807) is 0 Å². The van der Waals surface area contributed by atoms with Crippen molar-refractivity contribution in [1.82, 2.24) is 0 Å². The van der Waals surface area contributed by atoms with Crippen LogP contribution in [0.4, 0.5) is 11.4 Å². The van der Waals surface area contributed by atoms with Crippen LogP contribution in [0.3, 0.4) is 0 Å². The fourth-order valence-corrected chi connectivity index (χ4v) is 3.86. The largest absolute Gasteiger partial charge is 0.348 e. The second-order valence-corrected chi connectivity index (χ2v) is 6.84. The monoisotopic (exact) mass is 354 g/mol. The van der Waals surface area contributed by atoms with Gasteiger partial charge < -0.3 is 9.80 Å². The summed E-state index contributed by atoms with van der Waals surface area (Å²) >= 11 is 0. The topological polar surface area (TPSA) is 6.48 Å². The van der Waals surface area contributed by atoms with Crippen LogP contribution in [0.2, 0.25) is 0 Å². The van der Waals surface area contributed by atoms with Crippen LogP contribution in [-0.2, 0) is 0 Å². The van der Waals surface area contributed by atoms with Crippen LogP contribution in [0.5, 0.6) is 0 Å². The number of hydrogen-bond donors (Lipinski definition) is 0. The Kier molecular flexibility index (Phi) is 4.97. The van der Waals surface area contributed by atoms with Gasteiger partial charge >= 0.3 is 0 Å². The van der Waals surface area contributed by atoms with Crippen molar-refractivity contribution < 1.29 is 0 Å². The van der Waals surface area contributed by atoms with E-state index >= 15 is 0 Å². The molecule has 2 aromatic carbocycles. The number of para-hydroxylation sites is 2. The highest BCUT2D eigenvalue weighted by Crippen LogP contribution is 2.35. The minimum absolute atomic E-state index is 0.316. The molecule has 2 aromatic rings. The highest BCUT2D eigenvalue weighted by molar-refractivity contribution is 5.86. The molecule has 0 N–H and O–H groups in total. The van der Waals surface area contributed by atoms with Crippen LogP contribution < -0.4 is 9.80 Å². The van der Waals surface area contributed by atoms with E-state index in [9.17, 15) is 0 Å². The summed E-state index contributed by atoms with van der Waals surface area (Å²) < 4.78 is 0. The number of hydrogen-bond acceptors (Lipinski definition) is 2. The molecule has 1 unspecified atom stereocenters. The first-order chi connectivity index (χ1) is 13.3. The maximum Gasteiger partial charge on any atom is 0.0485 e. The zero-order valence-electron chi connectivity index (χ0n) is 16.0. The smallest absolute Gasteiger partial charge is 0.0485 e. The quantitative estimate of drug-likeness (QED) is 0.653. The first-order valence-corrected chi connectivity index (χ1v) is 9.78. The van der Waals surface area contributed by atoms with Gasteiger partial charge in [0.05, 0.1) is 0 Å². The van der Waals surface area contributed by atoms with Crippen molar-refractivity contribution in [2.45, 2.75) is 19.8 Å².